The van der Waals surface area contributed by atoms with E-state index < -0.39 is 0 Å². The molecule has 0 saturated carbocycles. The zero-order valence-corrected chi connectivity index (χ0v) is 11.8. The van der Waals surface area contributed by atoms with Crippen LogP contribution >= 0.6 is 23.2 Å². The highest BCUT2D eigenvalue weighted by Crippen LogP contribution is 2.27. The Morgan fingerprint density at radius 3 is 2.58 bits per heavy atom. The maximum Gasteiger partial charge on any atom is 0.138 e. The molecule has 19 heavy (non-hydrogen) atoms. The highest BCUT2D eigenvalue weighted by Gasteiger charge is 2.05. The van der Waals surface area contributed by atoms with Crippen molar-refractivity contribution in [3.63, 3.8) is 0 Å². The van der Waals surface area contributed by atoms with Gasteiger partial charge in [-0.2, -0.15) is 5.26 Å². The van der Waals surface area contributed by atoms with Gasteiger partial charge in [-0.25, -0.2) is 0 Å². The van der Waals surface area contributed by atoms with Crippen molar-refractivity contribution >= 4 is 23.2 Å². The van der Waals surface area contributed by atoms with Gasteiger partial charge in [0.1, 0.15) is 12.4 Å². The Hall–Kier alpha value is -1.69. The second-order valence-corrected chi connectivity index (χ2v) is 4.95. The van der Waals surface area contributed by atoms with Crippen molar-refractivity contribution in [2.75, 3.05) is 0 Å². The van der Waals surface area contributed by atoms with E-state index in [1.807, 2.05) is 25.1 Å². The third-order valence-corrected chi connectivity index (χ3v) is 3.32. The molecule has 0 unspecified atom stereocenters. The maximum absolute atomic E-state index is 8.77. The fraction of sp³-hybridized carbons (Fsp3) is 0.133. The highest BCUT2D eigenvalue weighted by atomic mass is 35.5. The molecule has 0 amide bonds. The summed E-state index contributed by atoms with van der Waals surface area (Å²) in [6, 6.07) is 12.7. The minimum atomic E-state index is 0.313. The first-order valence-electron chi connectivity index (χ1n) is 5.67. The van der Waals surface area contributed by atoms with Crippen molar-refractivity contribution in [3.05, 3.63) is 63.1 Å². The fourth-order valence-electron chi connectivity index (χ4n) is 1.61. The molecule has 2 aromatic rings. The molecule has 2 rings (SSSR count). The number of rotatable bonds is 3. The lowest BCUT2D eigenvalue weighted by molar-refractivity contribution is 0.306. The van der Waals surface area contributed by atoms with E-state index >= 15 is 0 Å². The largest absolute Gasteiger partial charge is 0.487 e. The Bertz CT molecular complexity index is 647. The molecular formula is C15H11Cl2NO. The van der Waals surface area contributed by atoms with Crippen molar-refractivity contribution in [3.8, 4) is 11.8 Å². The molecule has 0 saturated heterocycles. The van der Waals surface area contributed by atoms with Crippen LogP contribution in [0, 0.1) is 18.3 Å². The smallest absolute Gasteiger partial charge is 0.138 e. The molecule has 2 aromatic carbocycles. The summed E-state index contributed by atoms with van der Waals surface area (Å²) >= 11 is 12.1. The molecule has 0 aliphatic rings. The maximum atomic E-state index is 8.77. The molecule has 0 heterocycles. The Morgan fingerprint density at radius 2 is 1.89 bits per heavy atom. The van der Waals surface area contributed by atoms with Crippen LogP contribution in [-0.4, -0.2) is 0 Å². The minimum absolute atomic E-state index is 0.313. The third kappa shape index (κ3) is 3.41. The fourth-order valence-corrected chi connectivity index (χ4v) is 2.02. The second-order valence-electron chi connectivity index (χ2n) is 4.14. The summed E-state index contributed by atoms with van der Waals surface area (Å²) < 4.78 is 5.66. The van der Waals surface area contributed by atoms with Gasteiger partial charge in [-0.15, -0.1) is 0 Å². The normalized spacial score (nSPS) is 10.0. The summed E-state index contributed by atoms with van der Waals surface area (Å²) in [4.78, 5) is 0. The molecule has 0 aromatic heterocycles. The molecular weight excluding hydrogens is 281 g/mol. The number of ether oxygens (including phenoxy) is 1. The number of hydrogen-bond donors (Lipinski definition) is 0. The van der Waals surface area contributed by atoms with Crippen LogP contribution in [0.1, 0.15) is 16.7 Å². The summed E-state index contributed by atoms with van der Waals surface area (Å²) in [6.07, 6.45) is 0. The molecule has 0 aliphatic heterocycles. The van der Waals surface area contributed by atoms with E-state index in [2.05, 4.69) is 0 Å². The predicted octanol–water partition coefficient (Wildman–Crippen LogP) is 4.75. The van der Waals surface area contributed by atoms with Gasteiger partial charge < -0.3 is 4.74 Å². The first-order chi connectivity index (χ1) is 9.10. The van der Waals surface area contributed by atoms with E-state index in [9.17, 15) is 0 Å². The summed E-state index contributed by atoms with van der Waals surface area (Å²) in [5.41, 5.74) is 2.42. The number of nitriles is 1. The van der Waals surface area contributed by atoms with E-state index in [0.29, 0.717) is 28.0 Å². The molecule has 0 spiro atoms. The van der Waals surface area contributed by atoms with Gasteiger partial charge in [0.05, 0.1) is 16.7 Å². The van der Waals surface area contributed by atoms with Gasteiger partial charge >= 0.3 is 0 Å². The molecule has 0 bridgehead atoms. The lowest BCUT2D eigenvalue weighted by atomic mass is 10.1. The van der Waals surface area contributed by atoms with Crippen LogP contribution in [-0.2, 0) is 6.61 Å². The monoisotopic (exact) mass is 291 g/mol. The lowest BCUT2D eigenvalue weighted by Crippen LogP contribution is -1.97. The molecule has 96 valence electrons. The summed E-state index contributed by atoms with van der Waals surface area (Å²) in [7, 11) is 0. The summed E-state index contributed by atoms with van der Waals surface area (Å²) in [5.74, 6) is 0.627. The summed E-state index contributed by atoms with van der Waals surface area (Å²) in [5, 5.41) is 9.85. The summed E-state index contributed by atoms with van der Waals surface area (Å²) in [6.45, 7) is 2.28. The van der Waals surface area contributed by atoms with Gasteiger partial charge in [0, 0.05) is 10.6 Å². The Labute approximate surface area is 122 Å². The van der Waals surface area contributed by atoms with Crippen LogP contribution in [0.25, 0.3) is 0 Å². The molecule has 4 heteroatoms. The van der Waals surface area contributed by atoms with Crippen LogP contribution in [0.2, 0.25) is 10.0 Å². The number of nitrogens with zero attached hydrogens (tertiary/aromatic N) is 1. The van der Waals surface area contributed by atoms with E-state index in [1.165, 1.54) is 0 Å². The van der Waals surface area contributed by atoms with Crippen molar-refractivity contribution in [1.82, 2.24) is 0 Å². The highest BCUT2D eigenvalue weighted by molar-refractivity contribution is 6.32. The average molecular weight is 292 g/mol. The molecule has 0 radical (unpaired) electrons. The number of aryl methyl sites for hydroxylation is 1. The third-order valence-electron chi connectivity index (χ3n) is 2.65. The van der Waals surface area contributed by atoms with E-state index in [0.717, 1.165) is 11.1 Å². The topological polar surface area (TPSA) is 33.0 Å². The number of halogens is 2. The lowest BCUT2D eigenvalue weighted by Gasteiger charge is -2.10. The van der Waals surface area contributed by atoms with Gasteiger partial charge in [0.25, 0.3) is 0 Å². The first kappa shape index (κ1) is 13.7. The SMILES string of the molecule is Cc1ccc(Cl)c(OCc2ccc(C#N)cc2Cl)c1. The van der Waals surface area contributed by atoms with E-state index in [-0.39, 0.29) is 0 Å². The van der Waals surface area contributed by atoms with Crippen LogP contribution < -0.4 is 4.74 Å². The van der Waals surface area contributed by atoms with Crippen LogP contribution in [0.4, 0.5) is 0 Å². The van der Waals surface area contributed by atoms with Crippen molar-refractivity contribution in [2.24, 2.45) is 0 Å². The molecule has 0 fully saturated rings. The minimum Gasteiger partial charge on any atom is -0.487 e. The van der Waals surface area contributed by atoms with E-state index in [4.69, 9.17) is 33.2 Å². The van der Waals surface area contributed by atoms with Gasteiger partial charge in [-0.3, -0.25) is 0 Å². The molecule has 0 atom stereocenters. The Morgan fingerprint density at radius 1 is 1.11 bits per heavy atom. The van der Waals surface area contributed by atoms with Crippen LogP contribution in [0.5, 0.6) is 5.75 Å². The molecule has 0 N–H and O–H groups in total. The molecule has 2 nitrogen and oxygen atoms in total. The second kappa shape index (κ2) is 5.97. The first-order valence-corrected chi connectivity index (χ1v) is 6.43. The zero-order valence-electron chi connectivity index (χ0n) is 10.3. The Balaban J connectivity index is 2.15. The van der Waals surface area contributed by atoms with Gasteiger partial charge in [0.2, 0.25) is 0 Å². The predicted molar refractivity (Wildman–Crippen MR) is 76.7 cm³/mol. The van der Waals surface area contributed by atoms with Gasteiger partial charge in [0.15, 0.2) is 0 Å². The number of benzene rings is 2. The quantitative estimate of drug-likeness (QED) is 0.817. The van der Waals surface area contributed by atoms with Crippen molar-refractivity contribution in [1.29, 1.82) is 5.26 Å². The van der Waals surface area contributed by atoms with Gasteiger partial charge in [-0.1, -0.05) is 35.3 Å². The van der Waals surface area contributed by atoms with Crippen LogP contribution in [0.3, 0.4) is 0 Å². The van der Waals surface area contributed by atoms with Crippen LogP contribution in [0.15, 0.2) is 36.4 Å². The van der Waals surface area contributed by atoms with E-state index in [1.54, 1.807) is 24.3 Å². The zero-order chi connectivity index (χ0) is 13.8. The molecule has 0 aliphatic carbocycles. The standard InChI is InChI=1S/C15H11Cl2NO/c1-10-2-5-13(16)15(6-10)19-9-12-4-3-11(8-18)7-14(12)17/h2-7H,9H2,1H3. The average Bonchev–Trinajstić information content (AvgIpc) is 2.40. The number of hydrogen-bond acceptors (Lipinski definition) is 2. The van der Waals surface area contributed by atoms with Crippen molar-refractivity contribution in [2.45, 2.75) is 13.5 Å². The van der Waals surface area contributed by atoms with Gasteiger partial charge in [-0.05, 0) is 36.8 Å². The van der Waals surface area contributed by atoms with Crippen molar-refractivity contribution < 1.29 is 4.74 Å². The Kier molecular flexibility index (Phi) is 4.31.